The van der Waals surface area contributed by atoms with Gasteiger partial charge in [0.05, 0.1) is 25.2 Å². The summed E-state index contributed by atoms with van der Waals surface area (Å²) in [7, 11) is 0. The molecule has 0 bridgehead atoms. The van der Waals surface area contributed by atoms with Gasteiger partial charge in [0.1, 0.15) is 0 Å². The highest BCUT2D eigenvalue weighted by molar-refractivity contribution is 5.83. The van der Waals surface area contributed by atoms with Gasteiger partial charge in [-0.1, -0.05) is 0 Å². The van der Waals surface area contributed by atoms with Crippen LogP contribution < -0.4 is 11.1 Å². The Morgan fingerprint density at radius 1 is 1.50 bits per heavy atom. The number of ether oxygens (including phenoxy) is 3. The van der Waals surface area contributed by atoms with Crippen LogP contribution in [0.25, 0.3) is 0 Å². The minimum Gasteiger partial charge on any atom is -0.379 e. The number of rotatable bonds is 7. The summed E-state index contributed by atoms with van der Waals surface area (Å²) >= 11 is 0. The van der Waals surface area contributed by atoms with Crippen LogP contribution in [0.2, 0.25) is 0 Å². The first-order valence-corrected chi connectivity index (χ1v) is 6.39. The van der Waals surface area contributed by atoms with Crippen LogP contribution >= 0.6 is 0 Å². The van der Waals surface area contributed by atoms with Gasteiger partial charge in [-0.15, -0.1) is 0 Å². The van der Waals surface area contributed by atoms with Crippen molar-refractivity contribution in [2.75, 3.05) is 33.0 Å². The van der Waals surface area contributed by atoms with Crippen molar-refractivity contribution in [3.8, 4) is 0 Å². The molecule has 1 aliphatic rings. The quantitative estimate of drug-likeness (QED) is 0.623. The summed E-state index contributed by atoms with van der Waals surface area (Å²) in [6, 6.07) is -0.268. The molecule has 0 spiro atoms. The van der Waals surface area contributed by atoms with Crippen LogP contribution in [0, 0.1) is 5.41 Å². The average molecular weight is 260 g/mol. The van der Waals surface area contributed by atoms with Crippen molar-refractivity contribution in [1.29, 1.82) is 0 Å². The van der Waals surface area contributed by atoms with E-state index in [1.807, 2.05) is 20.8 Å². The third kappa shape index (κ3) is 3.65. The van der Waals surface area contributed by atoms with E-state index < -0.39 is 11.7 Å². The van der Waals surface area contributed by atoms with Gasteiger partial charge >= 0.3 is 0 Å². The SMILES string of the molecule is CCOC(CNC(=O)C1(C)COCC1N)OCC. The van der Waals surface area contributed by atoms with Gasteiger partial charge < -0.3 is 25.3 Å². The van der Waals surface area contributed by atoms with Gasteiger partial charge in [-0.2, -0.15) is 0 Å². The molecule has 0 aromatic carbocycles. The van der Waals surface area contributed by atoms with Gasteiger partial charge in [0.25, 0.3) is 0 Å². The van der Waals surface area contributed by atoms with Crippen molar-refractivity contribution in [3.63, 3.8) is 0 Å². The summed E-state index contributed by atoms with van der Waals surface area (Å²) in [5, 5.41) is 2.82. The fourth-order valence-corrected chi connectivity index (χ4v) is 1.84. The van der Waals surface area contributed by atoms with Gasteiger partial charge in [0.2, 0.25) is 5.91 Å². The minimum atomic E-state index is -0.664. The van der Waals surface area contributed by atoms with Crippen LogP contribution in [0.5, 0.6) is 0 Å². The second-order valence-electron chi connectivity index (χ2n) is 4.59. The molecule has 1 amide bonds. The zero-order valence-electron chi connectivity index (χ0n) is 11.4. The second kappa shape index (κ2) is 7.04. The van der Waals surface area contributed by atoms with Crippen LogP contribution in [-0.2, 0) is 19.0 Å². The van der Waals surface area contributed by atoms with E-state index in [0.29, 0.717) is 33.0 Å². The molecule has 2 atom stereocenters. The molecule has 6 heteroatoms. The molecule has 3 N–H and O–H groups in total. The summed E-state index contributed by atoms with van der Waals surface area (Å²) in [5.74, 6) is -0.114. The van der Waals surface area contributed by atoms with Crippen molar-refractivity contribution < 1.29 is 19.0 Å². The zero-order valence-corrected chi connectivity index (χ0v) is 11.4. The normalized spacial score (nSPS) is 27.7. The number of hydrogen-bond acceptors (Lipinski definition) is 5. The Morgan fingerprint density at radius 3 is 2.56 bits per heavy atom. The van der Waals surface area contributed by atoms with Gasteiger partial charge in [0, 0.05) is 19.3 Å². The summed E-state index contributed by atoms with van der Waals surface area (Å²) in [6.45, 7) is 7.77. The van der Waals surface area contributed by atoms with Gasteiger partial charge in [0.15, 0.2) is 6.29 Å². The first kappa shape index (κ1) is 15.4. The maximum absolute atomic E-state index is 12.1. The van der Waals surface area contributed by atoms with E-state index in [9.17, 15) is 4.79 Å². The van der Waals surface area contributed by atoms with Crippen molar-refractivity contribution in [2.45, 2.75) is 33.1 Å². The molecule has 1 heterocycles. The number of carbonyl (C=O) groups is 1. The summed E-state index contributed by atoms with van der Waals surface area (Å²) in [5.41, 5.74) is 5.23. The molecule has 0 saturated carbocycles. The van der Waals surface area contributed by atoms with Gasteiger partial charge in [-0.05, 0) is 20.8 Å². The highest BCUT2D eigenvalue weighted by Crippen LogP contribution is 2.26. The molecule has 106 valence electrons. The van der Waals surface area contributed by atoms with E-state index in [4.69, 9.17) is 19.9 Å². The van der Waals surface area contributed by atoms with Crippen LogP contribution in [0.4, 0.5) is 0 Å². The van der Waals surface area contributed by atoms with Crippen molar-refractivity contribution in [3.05, 3.63) is 0 Å². The molecule has 6 nitrogen and oxygen atoms in total. The summed E-state index contributed by atoms with van der Waals surface area (Å²) < 4.78 is 16.0. The zero-order chi connectivity index (χ0) is 13.6. The third-order valence-electron chi connectivity index (χ3n) is 3.17. The molecular weight excluding hydrogens is 236 g/mol. The number of nitrogens with one attached hydrogen (secondary N) is 1. The highest BCUT2D eigenvalue weighted by Gasteiger charge is 2.44. The molecule has 18 heavy (non-hydrogen) atoms. The number of hydrogen-bond donors (Lipinski definition) is 2. The fourth-order valence-electron chi connectivity index (χ4n) is 1.84. The Bertz CT molecular complexity index is 269. The molecular formula is C12H24N2O4. The van der Waals surface area contributed by atoms with Crippen LogP contribution in [0.15, 0.2) is 0 Å². The van der Waals surface area contributed by atoms with Crippen LogP contribution in [-0.4, -0.2) is 51.2 Å². The Balaban J connectivity index is 2.44. The fraction of sp³-hybridized carbons (Fsp3) is 0.917. The highest BCUT2D eigenvalue weighted by atomic mass is 16.7. The number of amides is 1. The molecule has 1 aliphatic heterocycles. The molecule has 1 rings (SSSR count). The average Bonchev–Trinajstić information content (AvgIpc) is 2.68. The largest absolute Gasteiger partial charge is 0.379 e. The van der Waals surface area contributed by atoms with E-state index in [1.54, 1.807) is 0 Å². The molecule has 1 fully saturated rings. The first-order chi connectivity index (χ1) is 8.54. The second-order valence-corrected chi connectivity index (χ2v) is 4.59. The summed E-state index contributed by atoms with van der Waals surface area (Å²) in [6.07, 6.45) is -0.411. The van der Waals surface area contributed by atoms with E-state index in [1.165, 1.54) is 0 Å². The monoisotopic (exact) mass is 260 g/mol. The van der Waals surface area contributed by atoms with Crippen LogP contribution in [0.3, 0.4) is 0 Å². The van der Waals surface area contributed by atoms with E-state index in [0.717, 1.165) is 0 Å². The lowest BCUT2D eigenvalue weighted by atomic mass is 9.85. The topological polar surface area (TPSA) is 82.8 Å². The molecule has 0 aromatic rings. The van der Waals surface area contributed by atoms with Crippen molar-refractivity contribution in [2.24, 2.45) is 11.1 Å². The van der Waals surface area contributed by atoms with Gasteiger partial charge in [-0.25, -0.2) is 0 Å². The molecule has 0 aromatic heterocycles. The van der Waals surface area contributed by atoms with Crippen molar-refractivity contribution >= 4 is 5.91 Å². The smallest absolute Gasteiger partial charge is 0.230 e. The molecule has 0 radical (unpaired) electrons. The van der Waals surface area contributed by atoms with E-state index in [-0.39, 0.29) is 11.9 Å². The van der Waals surface area contributed by atoms with Crippen LogP contribution in [0.1, 0.15) is 20.8 Å². The third-order valence-corrected chi connectivity index (χ3v) is 3.17. The predicted molar refractivity (Wildman–Crippen MR) is 67.0 cm³/mol. The number of nitrogens with two attached hydrogens (primary N) is 1. The lowest BCUT2D eigenvalue weighted by Crippen LogP contribution is -2.51. The summed E-state index contributed by atoms with van der Waals surface area (Å²) in [4.78, 5) is 12.1. The van der Waals surface area contributed by atoms with E-state index in [2.05, 4.69) is 5.32 Å². The lowest BCUT2D eigenvalue weighted by Gasteiger charge is -2.26. The molecule has 2 unspecified atom stereocenters. The predicted octanol–water partition coefficient (Wildman–Crippen LogP) is -0.134. The Hall–Kier alpha value is -0.690. The Labute approximate surface area is 108 Å². The lowest BCUT2D eigenvalue weighted by molar-refractivity contribution is -0.145. The standard InChI is InChI=1S/C12H24N2O4/c1-4-17-10(18-5-2)6-14-11(15)12(3)8-16-7-9(12)13/h9-10H,4-8,13H2,1-3H3,(H,14,15). The minimum absolute atomic E-state index is 0.114. The van der Waals surface area contributed by atoms with Crippen molar-refractivity contribution in [1.82, 2.24) is 5.32 Å². The Kier molecular flexibility index (Phi) is 6.01. The number of carbonyl (C=O) groups excluding carboxylic acids is 1. The maximum atomic E-state index is 12.1. The first-order valence-electron chi connectivity index (χ1n) is 6.39. The maximum Gasteiger partial charge on any atom is 0.230 e. The molecule has 0 aliphatic carbocycles. The molecule has 1 saturated heterocycles. The van der Waals surface area contributed by atoms with E-state index >= 15 is 0 Å². The Morgan fingerprint density at radius 2 is 2.11 bits per heavy atom. The van der Waals surface area contributed by atoms with Gasteiger partial charge in [-0.3, -0.25) is 4.79 Å².